The van der Waals surface area contributed by atoms with Crippen molar-refractivity contribution < 1.29 is 4.39 Å². The van der Waals surface area contributed by atoms with Gasteiger partial charge >= 0.3 is 0 Å². The lowest BCUT2D eigenvalue weighted by atomic mass is 9.85. The molecule has 17 heavy (non-hydrogen) atoms. The molecule has 0 N–H and O–H groups in total. The Balaban J connectivity index is 1.83. The van der Waals surface area contributed by atoms with E-state index in [2.05, 4.69) is 26.8 Å². The number of rotatable bonds is 1. The summed E-state index contributed by atoms with van der Waals surface area (Å²) in [6.07, 6.45) is 3.38. The number of hydrogen-bond donors (Lipinski definition) is 0. The van der Waals surface area contributed by atoms with Crippen molar-refractivity contribution >= 4 is 5.57 Å². The second-order valence-electron chi connectivity index (χ2n) is 6.51. The predicted molar refractivity (Wildman–Crippen MR) is 68.9 cm³/mol. The van der Waals surface area contributed by atoms with E-state index in [4.69, 9.17) is 0 Å². The largest absolute Gasteiger partial charge is 0.206 e. The van der Waals surface area contributed by atoms with Crippen LogP contribution in [0.5, 0.6) is 0 Å². The molecule has 3 atom stereocenters. The van der Waals surface area contributed by atoms with Crippen LogP contribution in [0.3, 0.4) is 0 Å². The third-order valence-corrected chi connectivity index (χ3v) is 4.30. The van der Waals surface area contributed by atoms with Crippen molar-refractivity contribution in [2.45, 2.75) is 27.2 Å². The van der Waals surface area contributed by atoms with Crippen LogP contribution < -0.4 is 0 Å². The fraction of sp³-hybridized carbons (Fsp3) is 0.500. The van der Waals surface area contributed by atoms with Gasteiger partial charge in [-0.1, -0.05) is 45.0 Å². The van der Waals surface area contributed by atoms with Gasteiger partial charge < -0.3 is 0 Å². The molecule has 0 amide bonds. The summed E-state index contributed by atoms with van der Waals surface area (Å²) in [7, 11) is 0. The van der Waals surface area contributed by atoms with Crippen LogP contribution >= 0.6 is 0 Å². The van der Waals surface area contributed by atoms with Gasteiger partial charge in [-0.15, -0.1) is 0 Å². The van der Waals surface area contributed by atoms with E-state index in [0.29, 0.717) is 11.3 Å². The van der Waals surface area contributed by atoms with E-state index in [0.717, 1.165) is 23.8 Å². The highest BCUT2D eigenvalue weighted by atomic mass is 19.1. The number of fused-ring (bicyclic) bond motifs is 1. The quantitative estimate of drug-likeness (QED) is 0.665. The predicted octanol–water partition coefficient (Wildman–Crippen LogP) is 4.52. The normalized spacial score (nSPS) is 31.1. The van der Waals surface area contributed by atoms with Gasteiger partial charge in [-0.25, -0.2) is 4.39 Å². The lowest BCUT2D eigenvalue weighted by Crippen LogP contribution is -2.11. The molecule has 2 aliphatic carbocycles. The third kappa shape index (κ3) is 1.72. The van der Waals surface area contributed by atoms with Crippen LogP contribution in [0, 0.1) is 29.0 Å². The first-order chi connectivity index (χ1) is 7.98. The van der Waals surface area contributed by atoms with Gasteiger partial charge in [0.2, 0.25) is 0 Å². The molecule has 1 aromatic rings. The smallest absolute Gasteiger partial charge is 0.130 e. The molecular weight excluding hydrogens is 211 g/mol. The molecule has 90 valence electrons. The van der Waals surface area contributed by atoms with E-state index < -0.39 is 0 Å². The molecule has 0 aromatic heterocycles. The Bertz CT molecular complexity index is 479. The van der Waals surface area contributed by atoms with Crippen LogP contribution in [0.15, 0.2) is 30.3 Å². The second kappa shape index (κ2) is 3.44. The van der Waals surface area contributed by atoms with E-state index in [-0.39, 0.29) is 5.82 Å². The standard InChI is InChI=1S/C16H19F/c1-16(2,3)15-12-8-10(9-13(12)15)11-6-4-5-7-14(11)17/h4-8,12-13,15H,9H2,1-3H3. The summed E-state index contributed by atoms with van der Waals surface area (Å²) in [6.45, 7) is 6.94. The molecule has 0 saturated heterocycles. The van der Waals surface area contributed by atoms with Gasteiger partial charge in [0.15, 0.2) is 0 Å². The van der Waals surface area contributed by atoms with Crippen molar-refractivity contribution in [3.8, 4) is 0 Å². The highest BCUT2D eigenvalue weighted by Crippen LogP contribution is 2.64. The minimum atomic E-state index is -0.0765. The highest BCUT2D eigenvalue weighted by Gasteiger charge is 2.57. The van der Waals surface area contributed by atoms with Crippen LogP contribution in [0.2, 0.25) is 0 Å². The molecule has 1 aromatic carbocycles. The number of allylic oxidation sites excluding steroid dienone is 2. The number of halogens is 1. The van der Waals surface area contributed by atoms with Crippen LogP contribution in [0.1, 0.15) is 32.8 Å². The Kier molecular flexibility index (Phi) is 2.23. The molecule has 3 unspecified atom stereocenters. The molecule has 0 heterocycles. The topological polar surface area (TPSA) is 0 Å². The van der Waals surface area contributed by atoms with Crippen LogP contribution in [0.4, 0.5) is 4.39 Å². The molecule has 0 spiro atoms. The first kappa shape index (κ1) is 11.0. The monoisotopic (exact) mass is 230 g/mol. The second-order valence-corrected chi connectivity index (χ2v) is 6.51. The Hall–Kier alpha value is -1.11. The van der Waals surface area contributed by atoms with Crippen LogP contribution in [-0.2, 0) is 0 Å². The van der Waals surface area contributed by atoms with E-state index in [1.807, 2.05) is 12.1 Å². The molecule has 3 rings (SSSR count). The maximum Gasteiger partial charge on any atom is 0.130 e. The molecule has 0 aliphatic heterocycles. The first-order valence-corrected chi connectivity index (χ1v) is 6.44. The zero-order valence-corrected chi connectivity index (χ0v) is 10.7. The summed E-state index contributed by atoms with van der Waals surface area (Å²) >= 11 is 0. The Morgan fingerprint density at radius 3 is 2.41 bits per heavy atom. The molecule has 1 fully saturated rings. The van der Waals surface area contributed by atoms with Gasteiger partial charge in [0.1, 0.15) is 5.82 Å². The maximum atomic E-state index is 13.7. The molecule has 2 aliphatic rings. The number of hydrogen-bond acceptors (Lipinski definition) is 0. The molecular formula is C16H19F. The Labute approximate surface area is 103 Å². The molecule has 1 heteroatoms. The lowest BCUT2D eigenvalue weighted by Gasteiger charge is -2.20. The molecule has 0 radical (unpaired) electrons. The summed E-state index contributed by atoms with van der Waals surface area (Å²) in [4.78, 5) is 0. The first-order valence-electron chi connectivity index (χ1n) is 6.44. The van der Waals surface area contributed by atoms with Gasteiger partial charge in [0.25, 0.3) is 0 Å². The van der Waals surface area contributed by atoms with Crippen LogP contribution in [0.25, 0.3) is 5.57 Å². The maximum absolute atomic E-state index is 13.7. The molecule has 1 saturated carbocycles. The van der Waals surface area contributed by atoms with E-state index in [9.17, 15) is 4.39 Å². The molecule has 0 nitrogen and oxygen atoms in total. The van der Waals surface area contributed by atoms with Gasteiger partial charge in [0.05, 0.1) is 0 Å². The minimum absolute atomic E-state index is 0.0765. The van der Waals surface area contributed by atoms with Crippen molar-refractivity contribution in [3.05, 3.63) is 41.7 Å². The summed E-state index contributed by atoms with van der Waals surface area (Å²) in [5.41, 5.74) is 2.43. The average molecular weight is 230 g/mol. The van der Waals surface area contributed by atoms with Crippen molar-refractivity contribution in [2.75, 3.05) is 0 Å². The van der Waals surface area contributed by atoms with E-state index >= 15 is 0 Å². The fourth-order valence-electron chi connectivity index (χ4n) is 3.59. The summed E-state index contributed by atoms with van der Waals surface area (Å²) in [6, 6.07) is 7.14. The highest BCUT2D eigenvalue weighted by molar-refractivity contribution is 5.70. The van der Waals surface area contributed by atoms with Crippen molar-refractivity contribution in [1.82, 2.24) is 0 Å². The Morgan fingerprint density at radius 2 is 1.88 bits per heavy atom. The average Bonchev–Trinajstić information content (AvgIpc) is 2.78. The van der Waals surface area contributed by atoms with Crippen molar-refractivity contribution in [2.24, 2.45) is 23.2 Å². The minimum Gasteiger partial charge on any atom is -0.206 e. The molecule has 0 bridgehead atoms. The van der Waals surface area contributed by atoms with Crippen molar-refractivity contribution in [3.63, 3.8) is 0 Å². The lowest BCUT2D eigenvalue weighted by molar-refractivity contribution is 0.322. The zero-order valence-electron chi connectivity index (χ0n) is 10.7. The fourth-order valence-corrected chi connectivity index (χ4v) is 3.59. The van der Waals surface area contributed by atoms with E-state index in [1.54, 1.807) is 12.1 Å². The van der Waals surface area contributed by atoms with E-state index in [1.165, 1.54) is 5.57 Å². The summed E-state index contributed by atoms with van der Waals surface area (Å²) in [5.74, 6) is 2.19. The van der Waals surface area contributed by atoms with Crippen LogP contribution in [-0.4, -0.2) is 0 Å². The van der Waals surface area contributed by atoms with Crippen molar-refractivity contribution in [1.29, 1.82) is 0 Å². The third-order valence-electron chi connectivity index (χ3n) is 4.30. The summed E-state index contributed by atoms with van der Waals surface area (Å²) in [5, 5.41) is 0. The Morgan fingerprint density at radius 1 is 1.18 bits per heavy atom. The summed E-state index contributed by atoms with van der Waals surface area (Å²) < 4.78 is 13.7. The van der Waals surface area contributed by atoms with Gasteiger partial charge in [0, 0.05) is 5.56 Å². The SMILES string of the molecule is CC(C)(C)C1C2C=C(c3ccccc3F)CC21. The van der Waals surface area contributed by atoms with Gasteiger partial charge in [-0.2, -0.15) is 0 Å². The zero-order chi connectivity index (χ0) is 12.2. The number of benzene rings is 1. The van der Waals surface area contributed by atoms with Gasteiger partial charge in [-0.3, -0.25) is 0 Å². The van der Waals surface area contributed by atoms with Gasteiger partial charge in [-0.05, 0) is 41.2 Å².